The van der Waals surface area contributed by atoms with Gasteiger partial charge in [-0.2, -0.15) is 0 Å². The van der Waals surface area contributed by atoms with Crippen LogP contribution in [0.3, 0.4) is 0 Å². The van der Waals surface area contributed by atoms with E-state index in [1.807, 2.05) is 6.07 Å². The average molecular weight is 270 g/mol. The minimum atomic E-state index is -0.312. The molecule has 0 radical (unpaired) electrons. The van der Waals surface area contributed by atoms with Crippen molar-refractivity contribution in [1.29, 1.82) is 0 Å². The molecule has 1 atom stereocenters. The van der Waals surface area contributed by atoms with E-state index in [0.717, 1.165) is 12.8 Å². The standard InChI is InChI=1S/C14H22O3S/c1-5-7-8-10(6-2)12-9-11(16-3)13(18-12)14(15)17-4/h9-10H,5-8H2,1-4H3. The van der Waals surface area contributed by atoms with Crippen LogP contribution >= 0.6 is 11.3 Å². The van der Waals surface area contributed by atoms with E-state index in [2.05, 4.69) is 13.8 Å². The fourth-order valence-electron chi connectivity index (χ4n) is 1.98. The Morgan fingerprint density at radius 1 is 1.39 bits per heavy atom. The number of hydrogen-bond donors (Lipinski definition) is 0. The van der Waals surface area contributed by atoms with E-state index in [4.69, 9.17) is 9.47 Å². The van der Waals surface area contributed by atoms with Gasteiger partial charge in [-0.15, -0.1) is 11.3 Å². The molecule has 102 valence electrons. The molecule has 0 saturated heterocycles. The molecule has 1 aromatic rings. The normalized spacial score (nSPS) is 12.2. The molecule has 0 aliphatic heterocycles. The van der Waals surface area contributed by atoms with E-state index in [0.29, 0.717) is 16.5 Å². The number of carbonyl (C=O) groups is 1. The lowest BCUT2D eigenvalue weighted by molar-refractivity contribution is 0.0603. The quantitative estimate of drug-likeness (QED) is 0.696. The third kappa shape index (κ3) is 3.48. The molecule has 0 bridgehead atoms. The van der Waals surface area contributed by atoms with E-state index < -0.39 is 0 Å². The molecule has 0 saturated carbocycles. The van der Waals surface area contributed by atoms with E-state index in [-0.39, 0.29) is 5.97 Å². The van der Waals surface area contributed by atoms with Crippen molar-refractivity contribution < 1.29 is 14.3 Å². The molecule has 1 heterocycles. The molecule has 0 aromatic carbocycles. The molecule has 4 heteroatoms. The van der Waals surface area contributed by atoms with Crippen LogP contribution in [-0.2, 0) is 4.74 Å². The van der Waals surface area contributed by atoms with Gasteiger partial charge < -0.3 is 9.47 Å². The van der Waals surface area contributed by atoms with E-state index in [1.165, 1.54) is 36.2 Å². The summed E-state index contributed by atoms with van der Waals surface area (Å²) in [6.45, 7) is 4.38. The fourth-order valence-corrected chi connectivity index (χ4v) is 3.24. The largest absolute Gasteiger partial charge is 0.495 e. The van der Waals surface area contributed by atoms with Gasteiger partial charge in [0.2, 0.25) is 0 Å². The number of rotatable bonds is 7. The Balaban J connectivity index is 2.94. The van der Waals surface area contributed by atoms with Crippen molar-refractivity contribution in [3.05, 3.63) is 15.8 Å². The van der Waals surface area contributed by atoms with Crippen molar-refractivity contribution in [2.24, 2.45) is 0 Å². The molecule has 3 nitrogen and oxygen atoms in total. The van der Waals surface area contributed by atoms with Gasteiger partial charge >= 0.3 is 5.97 Å². The monoisotopic (exact) mass is 270 g/mol. The van der Waals surface area contributed by atoms with Gasteiger partial charge in [-0.3, -0.25) is 0 Å². The van der Waals surface area contributed by atoms with E-state index >= 15 is 0 Å². The van der Waals surface area contributed by atoms with Crippen LogP contribution in [0.5, 0.6) is 5.75 Å². The lowest BCUT2D eigenvalue weighted by Gasteiger charge is -2.11. The molecule has 1 rings (SSSR count). The highest BCUT2D eigenvalue weighted by molar-refractivity contribution is 7.14. The summed E-state index contributed by atoms with van der Waals surface area (Å²) in [7, 11) is 2.99. The number of methoxy groups -OCH3 is 2. The predicted molar refractivity (Wildman–Crippen MR) is 74.8 cm³/mol. The Morgan fingerprint density at radius 3 is 2.61 bits per heavy atom. The molecular weight excluding hydrogens is 248 g/mol. The first-order valence-electron chi connectivity index (χ1n) is 6.43. The molecule has 0 amide bonds. The summed E-state index contributed by atoms with van der Waals surface area (Å²) in [6, 6.07) is 1.99. The van der Waals surface area contributed by atoms with Gasteiger partial charge in [-0.05, 0) is 24.8 Å². The number of thiophene rings is 1. The van der Waals surface area contributed by atoms with Gasteiger partial charge in [0.15, 0.2) is 4.88 Å². The van der Waals surface area contributed by atoms with Gasteiger partial charge in [-0.25, -0.2) is 4.79 Å². The fraction of sp³-hybridized carbons (Fsp3) is 0.643. The van der Waals surface area contributed by atoms with Crippen LogP contribution in [0.15, 0.2) is 6.07 Å². The molecule has 0 aliphatic carbocycles. The third-order valence-electron chi connectivity index (χ3n) is 3.11. The second kappa shape index (κ2) is 7.41. The minimum absolute atomic E-state index is 0.312. The maximum atomic E-state index is 11.6. The zero-order valence-corrected chi connectivity index (χ0v) is 12.4. The predicted octanol–water partition coefficient (Wildman–Crippen LogP) is 4.23. The SMILES string of the molecule is CCCCC(CC)c1cc(OC)c(C(=O)OC)s1. The Bertz CT molecular complexity index is 384. The van der Waals surface area contributed by atoms with Crippen molar-refractivity contribution >= 4 is 17.3 Å². The van der Waals surface area contributed by atoms with Crippen LogP contribution in [0.2, 0.25) is 0 Å². The zero-order valence-electron chi connectivity index (χ0n) is 11.6. The maximum absolute atomic E-state index is 11.6. The Morgan fingerprint density at radius 2 is 2.11 bits per heavy atom. The summed E-state index contributed by atoms with van der Waals surface area (Å²) in [5.41, 5.74) is 0. The van der Waals surface area contributed by atoms with Gasteiger partial charge in [0.05, 0.1) is 14.2 Å². The van der Waals surface area contributed by atoms with Crippen LogP contribution < -0.4 is 4.74 Å². The molecule has 1 aromatic heterocycles. The van der Waals surface area contributed by atoms with Crippen molar-refractivity contribution in [3.63, 3.8) is 0 Å². The smallest absolute Gasteiger partial charge is 0.351 e. The number of esters is 1. The maximum Gasteiger partial charge on any atom is 0.351 e. The third-order valence-corrected chi connectivity index (χ3v) is 4.37. The first-order chi connectivity index (χ1) is 8.67. The highest BCUT2D eigenvalue weighted by atomic mass is 32.1. The summed E-state index contributed by atoms with van der Waals surface area (Å²) >= 11 is 1.50. The van der Waals surface area contributed by atoms with Crippen LogP contribution in [0, 0.1) is 0 Å². The van der Waals surface area contributed by atoms with Gasteiger partial charge in [-0.1, -0.05) is 26.7 Å². The van der Waals surface area contributed by atoms with Crippen LogP contribution in [0.1, 0.15) is 60.0 Å². The lowest BCUT2D eigenvalue weighted by atomic mass is 9.98. The summed E-state index contributed by atoms with van der Waals surface area (Å²) in [5, 5.41) is 0. The lowest BCUT2D eigenvalue weighted by Crippen LogP contribution is -1.99. The van der Waals surface area contributed by atoms with Crippen molar-refractivity contribution in [3.8, 4) is 5.75 Å². The van der Waals surface area contributed by atoms with Crippen LogP contribution in [0.4, 0.5) is 0 Å². The first kappa shape index (κ1) is 15.0. The van der Waals surface area contributed by atoms with Gasteiger partial charge in [0, 0.05) is 4.88 Å². The average Bonchev–Trinajstić information content (AvgIpc) is 2.83. The van der Waals surface area contributed by atoms with E-state index in [1.54, 1.807) is 7.11 Å². The summed E-state index contributed by atoms with van der Waals surface area (Å²) in [5.74, 6) is 0.840. The molecule has 18 heavy (non-hydrogen) atoms. The highest BCUT2D eigenvalue weighted by Gasteiger charge is 2.21. The zero-order chi connectivity index (χ0) is 13.5. The van der Waals surface area contributed by atoms with Crippen molar-refractivity contribution in [1.82, 2.24) is 0 Å². The highest BCUT2D eigenvalue weighted by Crippen LogP contribution is 2.37. The van der Waals surface area contributed by atoms with E-state index in [9.17, 15) is 4.79 Å². The minimum Gasteiger partial charge on any atom is -0.495 e. The Hall–Kier alpha value is -1.03. The number of hydrogen-bond acceptors (Lipinski definition) is 4. The Kier molecular flexibility index (Phi) is 6.19. The van der Waals surface area contributed by atoms with Gasteiger partial charge in [0.1, 0.15) is 5.75 Å². The summed E-state index contributed by atoms with van der Waals surface area (Å²) < 4.78 is 10.0. The Labute approximate surface area is 113 Å². The second-order valence-electron chi connectivity index (χ2n) is 4.29. The number of carbonyl (C=O) groups excluding carboxylic acids is 1. The number of unbranched alkanes of at least 4 members (excludes halogenated alkanes) is 1. The summed E-state index contributed by atoms with van der Waals surface area (Å²) in [4.78, 5) is 13.4. The molecule has 0 aliphatic rings. The number of ether oxygens (including phenoxy) is 2. The molecule has 0 spiro atoms. The van der Waals surface area contributed by atoms with Crippen LogP contribution in [0.25, 0.3) is 0 Å². The topological polar surface area (TPSA) is 35.5 Å². The van der Waals surface area contributed by atoms with Gasteiger partial charge in [0.25, 0.3) is 0 Å². The molecule has 1 unspecified atom stereocenters. The second-order valence-corrected chi connectivity index (χ2v) is 5.37. The molecule has 0 N–H and O–H groups in total. The van der Waals surface area contributed by atoms with Crippen molar-refractivity contribution in [2.75, 3.05) is 14.2 Å². The molecular formula is C14H22O3S. The summed E-state index contributed by atoms with van der Waals surface area (Å²) in [6.07, 6.45) is 4.66. The van der Waals surface area contributed by atoms with Crippen LogP contribution in [-0.4, -0.2) is 20.2 Å². The van der Waals surface area contributed by atoms with Crippen molar-refractivity contribution in [2.45, 2.75) is 45.4 Å². The molecule has 0 fully saturated rings. The first-order valence-corrected chi connectivity index (χ1v) is 7.25.